The number of likely N-dealkylation sites (N-methyl/N-ethyl adjacent to an activating group) is 1. The molecule has 0 aromatic heterocycles. The van der Waals surface area contributed by atoms with Crippen LogP contribution in [0.3, 0.4) is 0 Å². The molecule has 3 aromatic carbocycles. The molecule has 0 bridgehead atoms. The number of hydrogen-bond acceptors (Lipinski definition) is 6. The minimum atomic E-state index is -4.15. The van der Waals surface area contributed by atoms with Gasteiger partial charge in [0.2, 0.25) is 11.8 Å². The van der Waals surface area contributed by atoms with Gasteiger partial charge in [0.1, 0.15) is 24.1 Å². The Hall–Kier alpha value is -4.05. The number of hydrogen-bond donors (Lipinski definition) is 1. The van der Waals surface area contributed by atoms with Crippen molar-refractivity contribution < 1.29 is 27.5 Å². The summed E-state index contributed by atoms with van der Waals surface area (Å²) in [6.45, 7) is 3.68. The van der Waals surface area contributed by atoms with E-state index in [1.807, 2.05) is 13.0 Å². The molecule has 0 fully saturated rings. The van der Waals surface area contributed by atoms with Gasteiger partial charge in [0.15, 0.2) is 0 Å². The van der Waals surface area contributed by atoms with Gasteiger partial charge in [-0.05, 0) is 67.4 Å². The Bertz CT molecular complexity index is 1350. The molecule has 39 heavy (non-hydrogen) atoms. The van der Waals surface area contributed by atoms with Crippen molar-refractivity contribution in [1.82, 2.24) is 10.2 Å². The molecule has 0 spiro atoms. The van der Waals surface area contributed by atoms with Crippen LogP contribution in [0.2, 0.25) is 0 Å². The van der Waals surface area contributed by atoms with Crippen LogP contribution in [0.4, 0.5) is 5.69 Å². The van der Waals surface area contributed by atoms with E-state index in [2.05, 4.69) is 5.32 Å². The standard InChI is InChI=1S/C29H35N3O6S/c1-5-27(29(34)30-3)31(20-22-11-10-14-25(19-22)37-4)28(33)21-32(23-12-8-7-9-13-23)39(35,36)26-17-15-24(16-18-26)38-6-2/h7-19,27H,5-6,20-21H2,1-4H3,(H,30,34). The number of ether oxygens (including phenoxy) is 2. The largest absolute Gasteiger partial charge is 0.497 e. The lowest BCUT2D eigenvalue weighted by Crippen LogP contribution is -2.51. The molecule has 208 valence electrons. The van der Waals surface area contributed by atoms with Gasteiger partial charge in [-0.1, -0.05) is 37.3 Å². The van der Waals surface area contributed by atoms with Crippen molar-refractivity contribution in [2.24, 2.45) is 0 Å². The van der Waals surface area contributed by atoms with Gasteiger partial charge >= 0.3 is 0 Å². The van der Waals surface area contributed by atoms with Crippen LogP contribution in [-0.2, 0) is 26.2 Å². The Labute approximate surface area is 230 Å². The van der Waals surface area contributed by atoms with Gasteiger partial charge in [0.25, 0.3) is 10.0 Å². The second kappa shape index (κ2) is 13.7. The van der Waals surface area contributed by atoms with E-state index in [1.165, 1.54) is 24.1 Å². The number of nitrogens with one attached hydrogen (secondary N) is 1. The molecule has 0 aliphatic rings. The molecule has 0 aliphatic carbocycles. The van der Waals surface area contributed by atoms with E-state index < -0.39 is 28.5 Å². The Morgan fingerprint density at radius 1 is 0.923 bits per heavy atom. The van der Waals surface area contributed by atoms with Crippen molar-refractivity contribution in [1.29, 1.82) is 0 Å². The van der Waals surface area contributed by atoms with Crippen LogP contribution in [0.15, 0.2) is 83.8 Å². The highest BCUT2D eigenvalue weighted by atomic mass is 32.2. The summed E-state index contributed by atoms with van der Waals surface area (Å²) in [7, 11) is -1.09. The normalized spacial score (nSPS) is 11.8. The van der Waals surface area contributed by atoms with Crippen LogP contribution in [-0.4, -0.2) is 58.5 Å². The van der Waals surface area contributed by atoms with Gasteiger partial charge < -0.3 is 19.7 Å². The van der Waals surface area contributed by atoms with Gasteiger partial charge in [0, 0.05) is 13.6 Å². The summed E-state index contributed by atoms with van der Waals surface area (Å²) >= 11 is 0. The summed E-state index contributed by atoms with van der Waals surface area (Å²) in [6.07, 6.45) is 0.340. The van der Waals surface area contributed by atoms with Gasteiger partial charge in [-0.3, -0.25) is 13.9 Å². The number of nitrogens with zero attached hydrogens (tertiary/aromatic N) is 2. The van der Waals surface area contributed by atoms with Gasteiger partial charge in [-0.25, -0.2) is 8.42 Å². The van der Waals surface area contributed by atoms with Crippen molar-refractivity contribution in [2.75, 3.05) is 31.6 Å². The van der Waals surface area contributed by atoms with E-state index in [0.29, 0.717) is 30.2 Å². The maximum absolute atomic E-state index is 13.9. The SMILES string of the molecule is CCOc1ccc(S(=O)(=O)N(CC(=O)N(Cc2cccc(OC)c2)C(CC)C(=O)NC)c2ccccc2)cc1. The number of sulfonamides is 1. The van der Waals surface area contributed by atoms with Crippen molar-refractivity contribution >= 4 is 27.5 Å². The zero-order valence-corrected chi connectivity index (χ0v) is 23.5. The van der Waals surface area contributed by atoms with Crippen molar-refractivity contribution in [3.8, 4) is 11.5 Å². The number of anilines is 1. The third-order valence-corrected chi connectivity index (χ3v) is 7.95. The lowest BCUT2D eigenvalue weighted by Gasteiger charge is -2.33. The molecule has 1 unspecified atom stereocenters. The summed E-state index contributed by atoms with van der Waals surface area (Å²) in [5, 5.41) is 2.62. The van der Waals surface area contributed by atoms with Crippen molar-refractivity contribution in [3.63, 3.8) is 0 Å². The predicted molar refractivity (Wildman–Crippen MR) is 150 cm³/mol. The Balaban J connectivity index is 2.02. The van der Waals surface area contributed by atoms with E-state index in [0.717, 1.165) is 9.87 Å². The number of amides is 2. The number of rotatable bonds is 13. The maximum atomic E-state index is 13.9. The molecule has 0 heterocycles. The first-order chi connectivity index (χ1) is 18.7. The minimum absolute atomic E-state index is 0.0142. The third-order valence-electron chi connectivity index (χ3n) is 6.17. The molecular formula is C29H35N3O6S. The fraction of sp³-hybridized carbons (Fsp3) is 0.310. The molecule has 1 atom stereocenters. The number of carbonyl (C=O) groups is 2. The van der Waals surface area contributed by atoms with E-state index in [4.69, 9.17) is 9.47 Å². The maximum Gasteiger partial charge on any atom is 0.264 e. The first-order valence-electron chi connectivity index (χ1n) is 12.7. The smallest absolute Gasteiger partial charge is 0.264 e. The summed E-state index contributed by atoms with van der Waals surface area (Å²) in [6, 6.07) is 20.9. The number of benzene rings is 3. The quantitative estimate of drug-likeness (QED) is 0.345. The first-order valence-corrected chi connectivity index (χ1v) is 14.1. The average molecular weight is 554 g/mol. The molecule has 3 rings (SSSR count). The molecule has 0 saturated heterocycles. The first kappa shape index (κ1) is 29.5. The highest BCUT2D eigenvalue weighted by molar-refractivity contribution is 7.92. The lowest BCUT2D eigenvalue weighted by molar-refractivity contribution is -0.140. The van der Waals surface area contributed by atoms with Crippen LogP contribution in [0.1, 0.15) is 25.8 Å². The summed E-state index contributed by atoms with van der Waals surface area (Å²) < 4.78 is 39.5. The topological polar surface area (TPSA) is 105 Å². The number of carbonyl (C=O) groups excluding carboxylic acids is 2. The minimum Gasteiger partial charge on any atom is -0.497 e. The van der Waals surface area contributed by atoms with Gasteiger partial charge in [-0.2, -0.15) is 0 Å². The van der Waals surface area contributed by atoms with Gasteiger partial charge in [-0.15, -0.1) is 0 Å². The second-order valence-corrected chi connectivity index (χ2v) is 10.5. The van der Waals surface area contributed by atoms with Crippen LogP contribution in [0, 0.1) is 0 Å². The Morgan fingerprint density at radius 2 is 1.62 bits per heavy atom. The zero-order chi connectivity index (χ0) is 28.4. The molecule has 0 aliphatic heterocycles. The molecule has 3 aromatic rings. The van der Waals surface area contributed by atoms with Gasteiger partial charge in [0.05, 0.1) is 24.3 Å². The van der Waals surface area contributed by atoms with Crippen LogP contribution in [0.5, 0.6) is 11.5 Å². The molecule has 10 heteroatoms. The van der Waals surface area contributed by atoms with Crippen LogP contribution in [0.25, 0.3) is 0 Å². The zero-order valence-electron chi connectivity index (χ0n) is 22.7. The molecule has 9 nitrogen and oxygen atoms in total. The molecule has 2 amide bonds. The number of para-hydroxylation sites is 1. The molecule has 0 saturated carbocycles. The summed E-state index contributed by atoms with van der Waals surface area (Å²) in [4.78, 5) is 28.1. The van der Waals surface area contributed by atoms with Crippen LogP contribution >= 0.6 is 0 Å². The predicted octanol–water partition coefficient (Wildman–Crippen LogP) is 3.84. The number of methoxy groups -OCH3 is 1. The monoisotopic (exact) mass is 553 g/mol. The summed E-state index contributed by atoms with van der Waals surface area (Å²) in [5.74, 6) is 0.289. The highest BCUT2D eigenvalue weighted by Crippen LogP contribution is 2.26. The molecule has 0 radical (unpaired) electrons. The van der Waals surface area contributed by atoms with Crippen molar-refractivity contribution in [2.45, 2.75) is 37.8 Å². The lowest BCUT2D eigenvalue weighted by atomic mass is 10.1. The summed E-state index contributed by atoms with van der Waals surface area (Å²) in [5.41, 5.74) is 1.07. The average Bonchev–Trinajstić information content (AvgIpc) is 2.96. The van der Waals surface area contributed by atoms with E-state index >= 15 is 0 Å². The Morgan fingerprint density at radius 3 is 2.21 bits per heavy atom. The molecular weight excluding hydrogens is 518 g/mol. The fourth-order valence-corrected chi connectivity index (χ4v) is 5.59. The van der Waals surface area contributed by atoms with Crippen LogP contribution < -0.4 is 19.1 Å². The Kier molecular flexibility index (Phi) is 10.3. The van der Waals surface area contributed by atoms with E-state index in [1.54, 1.807) is 74.7 Å². The van der Waals surface area contributed by atoms with E-state index in [9.17, 15) is 18.0 Å². The third kappa shape index (κ3) is 7.29. The highest BCUT2D eigenvalue weighted by Gasteiger charge is 2.33. The van der Waals surface area contributed by atoms with E-state index in [-0.39, 0.29) is 17.3 Å². The van der Waals surface area contributed by atoms with Crippen molar-refractivity contribution in [3.05, 3.63) is 84.4 Å². The second-order valence-electron chi connectivity index (χ2n) is 8.66. The fourth-order valence-electron chi connectivity index (χ4n) is 4.18. The molecule has 1 N–H and O–H groups in total.